The second kappa shape index (κ2) is 5.96. The molecule has 118 valence electrons. The first-order valence-electron chi connectivity index (χ1n) is 7.92. The topological polar surface area (TPSA) is 75.9 Å². The third kappa shape index (κ3) is 3.03. The van der Waals surface area contributed by atoms with E-state index in [0.29, 0.717) is 11.7 Å². The van der Waals surface area contributed by atoms with Crippen LogP contribution < -0.4 is 5.32 Å². The highest BCUT2D eigenvalue weighted by Gasteiger charge is 2.33. The average molecular weight is 309 g/mol. The van der Waals surface area contributed by atoms with Gasteiger partial charge >= 0.3 is 0 Å². The number of hydrogen-bond donors (Lipinski definition) is 2. The third-order valence-corrected chi connectivity index (χ3v) is 4.41. The number of fused-ring (bicyclic) bond motifs is 1. The quantitative estimate of drug-likeness (QED) is 0.771. The van der Waals surface area contributed by atoms with Crippen molar-refractivity contribution in [1.29, 1.82) is 0 Å². The van der Waals surface area contributed by atoms with Crippen LogP contribution in [0, 0.1) is 5.92 Å². The second-order valence-electron chi connectivity index (χ2n) is 6.13. The molecule has 0 saturated heterocycles. The van der Waals surface area contributed by atoms with E-state index in [0.717, 1.165) is 30.4 Å². The van der Waals surface area contributed by atoms with Gasteiger partial charge in [-0.15, -0.1) is 0 Å². The van der Waals surface area contributed by atoms with Crippen molar-refractivity contribution in [3.63, 3.8) is 0 Å². The molecule has 3 aromatic rings. The van der Waals surface area contributed by atoms with E-state index in [1.165, 1.54) is 0 Å². The Morgan fingerprint density at radius 2 is 2.04 bits per heavy atom. The largest absolute Gasteiger partial charge is 0.391 e. The summed E-state index contributed by atoms with van der Waals surface area (Å²) in [5.41, 5.74) is 1.74. The minimum absolute atomic E-state index is 0.00558. The van der Waals surface area contributed by atoms with Gasteiger partial charge in [0.1, 0.15) is 5.82 Å². The van der Waals surface area contributed by atoms with E-state index >= 15 is 0 Å². The van der Waals surface area contributed by atoms with E-state index in [1.54, 1.807) is 12.4 Å². The summed E-state index contributed by atoms with van der Waals surface area (Å²) in [7, 11) is 0. The van der Waals surface area contributed by atoms with E-state index in [-0.39, 0.29) is 12.1 Å². The fourth-order valence-corrected chi connectivity index (χ4v) is 3.31. The van der Waals surface area contributed by atoms with Crippen LogP contribution in [0.2, 0.25) is 0 Å². The van der Waals surface area contributed by atoms with Crippen LogP contribution in [0.4, 0.5) is 5.82 Å². The predicted molar refractivity (Wildman–Crippen MR) is 87.9 cm³/mol. The van der Waals surface area contributed by atoms with Crippen LogP contribution in [0.15, 0.2) is 48.9 Å². The normalized spacial score (nSPS) is 24.1. The van der Waals surface area contributed by atoms with E-state index < -0.39 is 0 Å². The van der Waals surface area contributed by atoms with Gasteiger partial charge in [0.25, 0.3) is 0 Å². The van der Waals surface area contributed by atoms with Crippen molar-refractivity contribution in [2.24, 2.45) is 5.92 Å². The van der Waals surface area contributed by atoms with Gasteiger partial charge in [-0.3, -0.25) is 9.67 Å². The SMILES string of the molecule is O[C@@H]1CC(Cn2cccn2)C[C@H]1Nc1cnc2ccccc2n1. The summed E-state index contributed by atoms with van der Waals surface area (Å²) in [6, 6.07) is 9.71. The monoisotopic (exact) mass is 309 g/mol. The minimum Gasteiger partial charge on any atom is -0.391 e. The summed E-state index contributed by atoms with van der Waals surface area (Å²) in [4.78, 5) is 8.98. The summed E-state index contributed by atoms with van der Waals surface area (Å²) in [5.74, 6) is 1.13. The summed E-state index contributed by atoms with van der Waals surface area (Å²) < 4.78 is 1.93. The number of hydrogen-bond acceptors (Lipinski definition) is 5. The van der Waals surface area contributed by atoms with Gasteiger partial charge < -0.3 is 10.4 Å². The first kappa shape index (κ1) is 14.1. The van der Waals surface area contributed by atoms with Gasteiger partial charge in [0, 0.05) is 18.9 Å². The zero-order chi connectivity index (χ0) is 15.6. The first-order valence-corrected chi connectivity index (χ1v) is 7.92. The van der Waals surface area contributed by atoms with Crippen molar-refractivity contribution in [3.8, 4) is 0 Å². The molecule has 2 aromatic heterocycles. The number of anilines is 1. The number of aromatic nitrogens is 4. The molecular weight excluding hydrogens is 290 g/mol. The van der Waals surface area contributed by atoms with Gasteiger partial charge in [0.15, 0.2) is 0 Å². The van der Waals surface area contributed by atoms with Crippen LogP contribution in [0.3, 0.4) is 0 Å². The van der Waals surface area contributed by atoms with Crippen molar-refractivity contribution in [2.75, 3.05) is 5.32 Å². The lowest BCUT2D eigenvalue weighted by molar-refractivity contribution is 0.166. The van der Waals surface area contributed by atoms with Gasteiger partial charge in [-0.2, -0.15) is 5.10 Å². The Morgan fingerprint density at radius 1 is 1.17 bits per heavy atom. The van der Waals surface area contributed by atoms with Gasteiger partial charge in [-0.05, 0) is 37.0 Å². The lowest BCUT2D eigenvalue weighted by Crippen LogP contribution is -2.28. The summed E-state index contributed by atoms with van der Waals surface area (Å²) >= 11 is 0. The van der Waals surface area contributed by atoms with Crippen molar-refractivity contribution in [1.82, 2.24) is 19.7 Å². The molecule has 0 aliphatic heterocycles. The van der Waals surface area contributed by atoms with Gasteiger partial charge in [-0.1, -0.05) is 12.1 Å². The fourth-order valence-electron chi connectivity index (χ4n) is 3.31. The molecule has 2 heterocycles. The van der Waals surface area contributed by atoms with Gasteiger partial charge in [0.05, 0.1) is 29.4 Å². The molecule has 4 rings (SSSR count). The zero-order valence-corrected chi connectivity index (χ0v) is 12.7. The van der Waals surface area contributed by atoms with E-state index in [4.69, 9.17) is 0 Å². The molecule has 6 heteroatoms. The summed E-state index contributed by atoms with van der Waals surface area (Å²) in [5, 5.41) is 17.9. The number of aliphatic hydroxyl groups excluding tert-OH is 1. The molecule has 0 spiro atoms. The molecule has 6 nitrogen and oxygen atoms in total. The maximum absolute atomic E-state index is 10.3. The number of nitrogens with zero attached hydrogens (tertiary/aromatic N) is 4. The van der Waals surface area contributed by atoms with E-state index in [2.05, 4.69) is 20.4 Å². The highest BCUT2D eigenvalue weighted by Crippen LogP contribution is 2.29. The molecule has 2 N–H and O–H groups in total. The smallest absolute Gasteiger partial charge is 0.145 e. The number of para-hydroxylation sites is 2. The summed E-state index contributed by atoms with van der Waals surface area (Å²) in [6.45, 7) is 0.839. The Morgan fingerprint density at radius 3 is 2.87 bits per heavy atom. The molecule has 1 aliphatic rings. The molecule has 0 amide bonds. The molecular formula is C17H19N5O. The second-order valence-corrected chi connectivity index (χ2v) is 6.13. The highest BCUT2D eigenvalue weighted by atomic mass is 16.3. The van der Waals surface area contributed by atoms with Crippen LogP contribution >= 0.6 is 0 Å². The van der Waals surface area contributed by atoms with Crippen LogP contribution in [0.1, 0.15) is 12.8 Å². The van der Waals surface area contributed by atoms with E-state index in [1.807, 2.05) is 41.2 Å². The average Bonchev–Trinajstić information content (AvgIpc) is 3.18. The lowest BCUT2D eigenvalue weighted by Gasteiger charge is -2.17. The van der Waals surface area contributed by atoms with Crippen LogP contribution in [0.5, 0.6) is 0 Å². The third-order valence-electron chi connectivity index (χ3n) is 4.41. The van der Waals surface area contributed by atoms with Crippen molar-refractivity contribution >= 4 is 16.9 Å². The molecule has 0 bridgehead atoms. The molecule has 1 fully saturated rings. The summed E-state index contributed by atoms with van der Waals surface area (Å²) in [6.07, 6.45) is 6.78. The van der Waals surface area contributed by atoms with Gasteiger partial charge in [-0.25, -0.2) is 4.98 Å². The van der Waals surface area contributed by atoms with Crippen LogP contribution in [-0.4, -0.2) is 37.0 Å². The Kier molecular flexibility index (Phi) is 3.67. The van der Waals surface area contributed by atoms with Crippen molar-refractivity contribution in [3.05, 3.63) is 48.9 Å². The van der Waals surface area contributed by atoms with E-state index in [9.17, 15) is 5.11 Å². The molecule has 1 saturated carbocycles. The van der Waals surface area contributed by atoms with Crippen molar-refractivity contribution in [2.45, 2.75) is 31.5 Å². The molecule has 0 radical (unpaired) electrons. The Balaban J connectivity index is 1.45. The molecule has 23 heavy (non-hydrogen) atoms. The first-order chi connectivity index (χ1) is 11.3. The number of nitrogens with one attached hydrogen (secondary N) is 1. The maximum atomic E-state index is 10.3. The zero-order valence-electron chi connectivity index (χ0n) is 12.7. The van der Waals surface area contributed by atoms with Gasteiger partial charge in [0.2, 0.25) is 0 Å². The van der Waals surface area contributed by atoms with Crippen molar-refractivity contribution < 1.29 is 5.11 Å². The number of rotatable bonds is 4. The molecule has 1 unspecified atom stereocenters. The molecule has 1 aliphatic carbocycles. The Hall–Kier alpha value is -2.47. The standard InChI is InChI=1S/C17H19N5O/c23-16-9-12(11-22-7-3-6-19-22)8-15(16)21-17-10-18-13-4-1-2-5-14(13)20-17/h1-7,10,12,15-16,23H,8-9,11H2,(H,20,21)/t12?,15-,16-/m1/s1. The van der Waals surface area contributed by atoms with Crippen LogP contribution in [0.25, 0.3) is 11.0 Å². The molecule has 3 atom stereocenters. The minimum atomic E-state index is -0.371. The maximum Gasteiger partial charge on any atom is 0.145 e. The number of aliphatic hydroxyl groups is 1. The Labute approximate surface area is 134 Å². The Bertz CT molecular complexity index is 789. The lowest BCUT2D eigenvalue weighted by atomic mass is 10.1. The van der Waals surface area contributed by atoms with Crippen LogP contribution in [-0.2, 0) is 6.54 Å². The predicted octanol–water partition coefficient (Wildman–Crippen LogP) is 2.08. The fraction of sp³-hybridized carbons (Fsp3) is 0.353. The molecule has 1 aromatic carbocycles. The number of benzene rings is 1. The highest BCUT2D eigenvalue weighted by molar-refractivity contribution is 5.75.